The number of thiazole rings is 1. The van der Waals surface area contributed by atoms with Crippen molar-refractivity contribution in [2.75, 3.05) is 6.54 Å². The third-order valence-electron chi connectivity index (χ3n) is 3.07. The van der Waals surface area contributed by atoms with Crippen molar-refractivity contribution in [3.63, 3.8) is 0 Å². The summed E-state index contributed by atoms with van der Waals surface area (Å²) in [6, 6.07) is -0.0661. The second kappa shape index (κ2) is 6.02. The highest BCUT2D eigenvalue weighted by Crippen LogP contribution is 2.37. The van der Waals surface area contributed by atoms with Crippen LogP contribution in [0.25, 0.3) is 0 Å². The van der Waals surface area contributed by atoms with Crippen LogP contribution in [0.15, 0.2) is 6.20 Å². The number of halogens is 3. The summed E-state index contributed by atoms with van der Waals surface area (Å²) in [7, 11) is 0. The second-order valence-electron chi connectivity index (χ2n) is 4.70. The van der Waals surface area contributed by atoms with E-state index in [-0.39, 0.29) is 12.0 Å². The maximum Gasteiger partial charge on any atom is 0.443 e. The van der Waals surface area contributed by atoms with E-state index in [0.717, 1.165) is 17.9 Å². The summed E-state index contributed by atoms with van der Waals surface area (Å²) >= 11 is 0.735. The van der Waals surface area contributed by atoms with Crippen LogP contribution in [0.3, 0.4) is 0 Å². The minimum absolute atomic E-state index is 0.0661. The molecule has 0 saturated heterocycles. The Hall–Kier alpha value is -0.620. The lowest BCUT2D eigenvalue weighted by atomic mass is 9.89. The van der Waals surface area contributed by atoms with Gasteiger partial charge in [-0.1, -0.05) is 27.7 Å². The third-order valence-corrected chi connectivity index (χ3v) is 4.20. The summed E-state index contributed by atoms with van der Waals surface area (Å²) in [5.74, 6) is 0.650. The summed E-state index contributed by atoms with van der Waals surface area (Å²) in [6.07, 6.45) is -3.00. The Labute approximate surface area is 110 Å². The maximum atomic E-state index is 12.5. The fourth-order valence-corrected chi connectivity index (χ4v) is 2.69. The molecule has 18 heavy (non-hydrogen) atoms. The van der Waals surface area contributed by atoms with Gasteiger partial charge in [-0.25, -0.2) is 4.98 Å². The Morgan fingerprint density at radius 2 is 1.94 bits per heavy atom. The largest absolute Gasteiger partial charge is 0.443 e. The Morgan fingerprint density at radius 1 is 1.33 bits per heavy atom. The molecule has 0 spiro atoms. The van der Waals surface area contributed by atoms with Gasteiger partial charge < -0.3 is 5.32 Å². The average Bonchev–Trinajstić information content (AvgIpc) is 2.73. The predicted octanol–water partition coefficient (Wildman–Crippen LogP) is 4.10. The van der Waals surface area contributed by atoms with Crippen LogP contribution in [0.1, 0.15) is 43.6 Å². The Bertz CT molecular complexity index is 374. The highest BCUT2D eigenvalue weighted by atomic mass is 32.1. The molecule has 0 bridgehead atoms. The summed E-state index contributed by atoms with van der Waals surface area (Å²) in [5.41, 5.74) is 0. The first-order chi connectivity index (χ1) is 8.27. The van der Waals surface area contributed by atoms with Crippen molar-refractivity contribution in [2.24, 2.45) is 11.8 Å². The number of hydrogen-bond acceptors (Lipinski definition) is 3. The summed E-state index contributed by atoms with van der Waals surface area (Å²) in [6.45, 7) is 8.86. The van der Waals surface area contributed by atoms with Gasteiger partial charge >= 0.3 is 6.18 Å². The van der Waals surface area contributed by atoms with Crippen LogP contribution in [0.5, 0.6) is 0 Å². The molecule has 1 aromatic rings. The lowest BCUT2D eigenvalue weighted by Crippen LogP contribution is -2.28. The first kappa shape index (κ1) is 15.4. The Morgan fingerprint density at radius 3 is 2.33 bits per heavy atom. The SMILES string of the molecule is CCNC(c1cnc(C(F)(F)F)s1)C(C)C(C)C. The van der Waals surface area contributed by atoms with Crippen LogP contribution in [-0.4, -0.2) is 11.5 Å². The van der Waals surface area contributed by atoms with E-state index in [2.05, 4.69) is 24.1 Å². The predicted molar refractivity (Wildman–Crippen MR) is 67.5 cm³/mol. The zero-order valence-corrected chi connectivity index (χ0v) is 11.8. The number of alkyl halides is 3. The summed E-state index contributed by atoms with van der Waals surface area (Å²) in [5, 5.41) is 2.48. The second-order valence-corrected chi connectivity index (χ2v) is 5.77. The van der Waals surface area contributed by atoms with E-state index < -0.39 is 11.2 Å². The molecule has 1 N–H and O–H groups in total. The molecule has 0 saturated carbocycles. The Balaban J connectivity index is 2.96. The van der Waals surface area contributed by atoms with E-state index in [1.54, 1.807) is 0 Å². The van der Waals surface area contributed by atoms with Crippen LogP contribution in [0.2, 0.25) is 0 Å². The standard InChI is InChI=1S/C12H19F3N2S/c1-5-16-10(8(4)7(2)3)9-6-17-11(18-9)12(13,14)15/h6-8,10,16H,5H2,1-4H3. The topological polar surface area (TPSA) is 24.9 Å². The molecule has 0 amide bonds. The van der Waals surface area contributed by atoms with Gasteiger partial charge in [-0.05, 0) is 18.4 Å². The summed E-state index contributed by atoms with van der Waals surface area (Å²) < 4.78 is 37.6. The van der Waals surface area contributed by atoms with Gasteiger partial charge in [0.15, 0.2) is 5.01 Å². The molecule has 0 radical (unpaired) electrons. The molecule has 0 aromatic carbocycles. The van der Waals surface area contributed by atoms with Crippen LogP contribution >= 0.6 is 11.3 Å². The highest BCUT2D eigenvalue weighted by Gasteiger charge is 2.36. The van der Waals surface area contributed by atoms with Gasteiger partial charge in [-0.3, -0.25) is 0 Å². The fourth-order valence-electron chi connectivity index (χ4n) is 1.71. The monoisotopic (exact) mass is 280 g/mol. The van der Waals surface area contributed by atoms with Crippen molar-refractivity contribution < 1.29 is 13.2 Å². The number of nitrogens with one attached hydrogen (secondary N) is 1. The Kier molecular flexibility index (Phi) is 5.16. The molecule has 0 aliphatic rings. The molecule has 0 aliphatic carbocycles. The molecule has 2 nitrogen and oxygen atoms in total. The van der Waals surface area contributed by atoms with E-state index in [4.69, 9.17) is 0 Å². The minimum atomic E-state index is -4.35. The molecule has 1 rings (SSSR count). The molecule has 1 aromatic heterocycles. The molecule has 2 unspecified atom stereocenters. The molecule has 0 fully saturated rings. The first-order valence-corrected chi connectivity index (χ1v) is 6.85. The van der Waals surface area contributed by atoms with Gasteiger partial charge in [-0.15, -0.1) is 11.3 Å². The molecular formula is C12H19F3N2S. The van der Waals surface area contributed by atoms with Crippen molar-refractivity contribution in [2.45, 2.75) is 39.9 Å². The highest BCUT2D eigenvalue weighted by molar-refractivity contribution is 7.11. The van der Waals surface area contributed by atoms with Crippen molar-refractivity contribution >= 4 is 11.3 Å². The van der Waals surface area contributed by atoms with Crippen molar-refractivity contribution in [3.05, 3.63) is 16.1 Å². The van der Waals surface area contributed by atoms with Crippen molar-refractivity contribution in [3.8, 4) is 0 Å². The molecule has 6 heteroatoms. The van der Waals surface area contributed by atoms with Crippen molar-refractivity contribution in [1.29, 1.82) is 0 Å². The molecular weight excluding hydrogens is 261 g/mol. The van der Waals surface area contributed by atoms with E-state index in [9.17, 15) is 13.2 Å². The molecule has 1 heterocycles. The van der Waals surface area contributed by atoms with E-state index in [0.29, 0.717) is 10.8 Å². The average molecular weight is 280 g/mol. The van der Waals surface area contributed by atoms with Crippen LogP contribution in [-0.2, 0) is 6.18 Å². The molecule has 0 aliphatic heterocycles. The maximum absolute atomic E-state index is 12.5. The van der Waals surface area contributed by atoms with Gasteiger partial charge in [0, 0.05) is 17.1 Å². The van der Waals surface area contributed by atoms with E-state index in [1.165, 1.54) is 6.20 Å². The quantitative estimate of drug-likeness (QED) is 0.878. The normalized spacial score (nSPS) is 16.0. The number of hydrogen-bond donors (Lipinski definition) is 1. The van der Waals surface area contributed by atoms with E-state index in [1.807, 2.05) is 13.8 Å². The number of rotatable bonds is 5. The van der Waals surface area contributed by atoms with E-state index >= 15 is 0 Å². The molecule has 104 valence electrons. The van der Waals surface area contributed by atoms with Gasteiger partial charge in [0.05, 0.1) is 0 Å². The van der Waals surface area contributed by atoms with Crippen molar-refractivity contribution in [1.82, 2.24) is 10.3 Å². The lowest BCUT2D eigenvalue weighted by Gasteiger charge is -2.26. The van der Waals surface area contributed by atoms with Gasteiger partial charge in [-0.2, -0.15) is 13.2 Å². The van der Waals surface area contributed by atoms with Gasteiger partial charge in [0.2, 0.25) is 0 Å². The van der Waals surface area contributed by atoms with Gasteiger partial charge in [0.25, 0.3) is 0 Å². The number of nitrogens with zero attached hydrogens (tertiary/aromatic N) is 1. The summed E-state index contributed by atoms with van der Waals surface area (Å²) in [4.78, 5) is 4.14. The third kappa shape index (κ3) is 3.68. The number of aromatic nitrogens is 1. The van der Waals surface area contributed by atoms with Crippen LogP contribution < -0.4 is 5.32 Å². The zero-order chi connectivity index (χ0) is 13.9. The van der Waals surface area contributed by atoms with Crippen LogP contribution in [0.4, 0.5) is 13.2 Å². The smallest absolute Gasteiger partial charge is 0.309 e. The molecule has 2 atom stereocenters. The first-order valence-electron chi connectivity index (χ1n) is 6.03. The zero-order valence-electron chi connectivity index (χ0n) is 11.0. The van der Waals surface area contributed by atoms with Crippen LogP contribution in [0, 0.1) is 11.8 Å². The minimum Gasteiger partial charge on any atom is -0.309 e. The fraction of sp³-hybridized carbons (Fsp3) is 0.750. The lowest BCUT2D eigenvalue weighted by molar-refractivity contribution is -0.137. The van der Waals surface area contributed by atoms with Gasteiger partial charge in [0.1, 0.15) is 0 Å².